The molecule has 1 atom stereocenters. The zero-order valence-corrected chi connectivity index (χ0v) is 9.71. The van der Waals surface area contributed by atoms with Crippen LogP contribution < -0.4 is 0 Å². The van der Waals surface area contributed by atoms with Crippen LogP contribution in [0.25, 0.3) is 0 Å². The van der Waals surface area contributed by atoms with Crippen molar-refractivity contribution in [3.8, 4) is 6.07 Å². The van der Waals surface area contributed by atoms with E-state index in [0.717, 1.165) is 25.4 Å². The van der Waals surface area contributed by atoms with E-state index in [0.29, 0.717) is 0 Å². The first kappa shape index (κ1) is 11.5. The van der Waals surface area contributed by atoms with Gasteiger partial charge in [0, 0.05) is 0 Å². The molecule has 1 aliphatic rings. The van der Waals surface area contributed by atoms with Crippen molar-refractivity contribution in [2.75, 3.05) is 13.1 Å². The first-order valence-electron chi connectivity index (χ1n) is 5.82. The summed E-state index contributed by atoms with van der Waals surface area (Å²) in [6.07, 6.45) is 5.09. The van der Waals surface area contributed by atoms with Gasteiger partial charge in [0.1, 0.15) is 5.54 Å². The van der Waals surface area contributed by atoms with Crippen LogP contribution in [0.15, 0.2) is 0 Å². The molecule has 0 saturated heterocycles. The molecular weight excluding hydrogens is 172 g/mol. The predicted octanol–water partition coefficient (Wildman–Crippen LogP) is 2.80. The molecule has 0 aromatic heterocycles. The number of hydrogen-bond acceptors (Lipinski definition) is 2. The highest BCUT2D eigenvalue weighted by Gasteiger charge is 2.34. The molecule has 1 unspecified atom stereocenters. The fourth-order valence-corrected chi connectivity index (χ4v) is 2.43. The third-order valence-electron chi connectivity index (χ3n) is 3.61. The highest BCUT2D eigenvalue weighted by atomic mass is 15.2. The van der Waals surface area contributed by atoms with E-state index in [9.17, 15) is 5.26 Å². The van der Waals surface area contributed by atoms with E-state index in [4.69, 9.17) is 0 Å². The molecule has 0 aliphatic heterocycles. The SMILES string of the molecule is CCN(CC)C(C)(C#N)CC1CCC1. The van der Waals surface area contributed by atoms with Crippen molar-refractivity contribution in [1.29, 1.82) is 5.26 Å². The Bertz CT molecular complexity index is 211. The van der Waals surface area contributed by atoms with Gasteiger partial charge in [0.05, 0.1) is 6.07 Å². The number of nitrogens with zero attached hydrogens (tertiary/aromatic N) is 2. The number of rotatable bonds is 5. The maximum atomic E-state index is 9.29. The van der Waals surface area contributed by atoms with E-state index in [1.165, 1.54) is 19.3 Å². The number of nitriles is 1. The average molecular weight is 194 g/mol. The van der Waals surface area contributed by atoms with Crippen molar-refractivity contribution in [2.45, 2.75) is 52.0 Å². The average Bonchev–Trinajstić information content (AvgIpc) is 2.13. The van der Waals surface area contributed by atoms with Gasteiger partial charge in [-0.15, -0.1) is 0 Å². The van der Waals surface area contributed by atoms with Crippen molar-refractivity contribution in [1.82, 2.24) is 4.90 Å². The monoisotopic (exact) mass is 194 g/mol. The lowest BCUT2D eigenvalue weighted by atomic mass is 9.76. The Morgan fingerprint density at radius 2 is 1.93 bits per heavy atom. The van der Waals surface area contributed by atoms with Crippen molar-refractivity contribution < 1.29 is 0 Å². The van der Waals surface area contributed by atoms with Gasteiger partial charge >= 0.3 is 0 Å². The van der Waals surface area contributed by atoms with Gasteiger partial charge in [-0.3, -0.25) is 4.90 Å². The van der Waals surface area contributed by atoms with Crippen LogP contribution in [0.1, 0.15) is 46.5 Å². The molecule has 0 radical (unpaired) electrons. The minimum absolute atomic E-state index is 0.228. The van der Waals surface area contributed by atoms with E-state index in [-0.39, 0.29) is 5.54 Å². The van der Waals surface area contributed by atoms with Gasteiger partial charge in [-0.05, 0) is 32.4 Å². The molecule has 0 amide bonds. The smallest absolute Gasteiger partial charge is 0.106 e. The van der Waals surface area contributed by atoms with Gasteiger partial charge in [-0.2, -0.15) is 5.26 Å². The second-order valence-corrected chi connectivity index (χ2v) is 4.56. The Balaban J connectivity index is 2.58. The molecule has 0 spiro atoms. The molecule has 1 aliphatic carbocycles. The maximum Gasteiger partial charge on any atom is 0.106 e. The molecule has 0 bridgehead atoms. The molecule has 1 saturated carbocycles. The number of hydrogen-bond donors (Lipinski definition) is 0. The van der Waals surface area contributed by atoms with Gasteiger partial charge < -0.3 is 0 Å². The van der Waals surface area contributed by atoms with Crippen LogP contribution in [-0.4, -0.2) is 23.5 Å². The largest absolute Gasteiger partial charge is 0.286 e. The summed E-state index contributed by atoms with van der Waals surface area (Å²) in [5.74, 6) is 0.806. The maximum absolute atomic E-state index is 9.29. The van der Waals surface area contributed by atoms with E-state index in [1.54, 1.807) is 0 Å². The van der Waals surface area contributed by atoms with Crippen molar-refractivity contribution in [3.05, 3.63) is 0 Å². The Hall–Kier alpha value is -0.550. The Labute approximate surface area is 87.9 Å². The van der Waals surface area contributed by atoms with Crippen LogP contribution in [0.4, 0.5) is 0 Å². The molecule has 1 fully saturated rings. The highest BCUT2D eigenvalue weighted by Crippen LogP contribution is 2.35. The fraction of sp³-hybridized carbons (Fsp3) is 0.917. The van der Waals surface area contributed by atoms with E-state index in [1.807, 2.05) is 0 Å². The van der Waals surface area contributed by atoms with E-state index < -0.39 is 0 Å². The van der Waals surface area contributed by atoms with E-state index >= 15 is 0 Å². The normalized spacial score (nSPS) is 21.4. The molecule has 2 nitrogen and oxygen atoms in total. The van der Waals surface area contributed by atoms with Crippen LogP contribution in [0.3, 0.4) is 0 Å². The topological polar surface area (TPSA) is 27.0 Å². The predicted molar refractivity (Wildman–Crippen MR) is 58.9 cm³/mol. The lowest BCUT2D eigenvalue weighted by Crippen LogP contribution is -2.47. The summed E-state index contributed by atoms with van der Waals surface area (Å²) in [6, 6.07) is 2.51. The van der Waals surface area contributed by atoms with Gasteiger partial charge in [-0.1, -0.05) is 33.1 Å². The lowest BCUT2D eigenvalue weighted by molar-refractivity contribution is 0.115. The van der Waals surface area contributed by atoms with Gasteiger partial charge in [0.2, 0.25) is 0 Å². The Morgan fingerprint density at radius 3 is 2.21 bits per heavy atom. The first-order chi connectivity index (χ1) is 6.66. The standard InChI is InChI=1S/C12H22N2/c1-4-14(5-2)12(3,10-13)9-11-7-6-8-11/h11H,4-9H2,1-3H3. The minimum atomic E-state index is -0.228. The van der Waals surface area contributed by atoms with Crippen LogP contribution in [-0.2, 0) is 0 Å². The summed E-state index contributed by atoms with van der Waals surface area (Å²) in [5, 5.41) is 9.29. The molecule has 14 heavy (non-hydrogen) atoms. The molecule has 0 heterocycles. The zero-order valence-electron chi connectivity index (χ0n) is 9.71. The first-order valence-corrected chi connectivity index (χ1v) is 5.82. The third kappa shape index (κ3) is 2.27. The van der Waals surface area contributed by atoms with Gasteiger partial charge in [0.15, 0.2) is 0 Å². The highest BCUT2D eigenvalue weighted by molar-refractivity contribution is 5.06. The molecule has 0 aromatic rings. The minimum Gasteiger partial charge on any atom is -0.286 e. The zero-order chi connectivity index (χ0) is 10.6. The van der Waals surface area contributed by atoms with Crippen LogP contribution in [0, 0.1) is 17.2 Å². The molecule has 0 aromatic carbocycles. The van der Waals surface area contributed by atoms with Crippen molar-refractivity contribution in [3.63, 3.8) is 0 Å². The lowest BCUT2D eigenvalue weighted by Gasteiger charge is -2.39. The Morgan fingerprint density at radius 1 is 1.36 bits per heavy atom. The molecule has 80 valence electrons. The van der Waals surface area contributed by atoms with E-state index in [2.05, 4.69) is 31.7 Å². The molecule has 1 rings (SSSR count). The fourth-order valence-electron chi connectivity index (χ4n) is 2.43. The van der Waals surface area contributed by atoms with Gasteiger partial charge in [-0.25, -0.2) is 0 Å². The third-order valence-corrected chi connectivity index (χ3v) is 3.61. The molecule has 2 heteroatoms. The summed E-state index contributed by atoms with van der Waals surface area (Å²) in [5.41, 5.74) is -0.228. The van der Waals surface area contributed by atoms with Gasteiger partial charge in [0.25, 0.3) is 0 Å². The second-order valence-electron chi connectivity index (χ2n) is 4.56. The van der Waals surface area contributed by atoms with Crippen LogP contribution in [0.5, 0.6) is 0 Å². The summed E-state index contributed by atoms with van der Waals surface area (Å²) in [6.45, 7) is 8.33. The summed E-state index contributed by atoms with van der Waals surface area (Å²) >= 11 is 0. The van der Waals surface area contributed by atoms with Crippen molar-refractivity contribution in [2.24, 2.45) is 5.92 Å². The molecular formula is C12H22N2. The second kappa shape index (κ2) is 4.79. The van der Waals surface area contributed by atoms with Crippen molar-refractivity contribution >= 4 is 0 Å². The quantitative estimate of drug-likeness (QED) is 0.673. The van der Waals surface area contributed by atoms with Crippen LogP contribution >= 0.6 is 0 Å². The summed E-state index contributed by atoms with van der Waals surface area (Å²) in [7, 11) is 0. The Kier molecular flexibility index (Phi) is 3.95. The van der Waals surface area contributed by atoms with Crippen LogP contribution in [0.2, 0.25) is 0 Å². The molecule has 0 N–H and O–H groups in total. The summed E-state index contributed by atoms with van der Waals surface area (Å²) in [4.78, 5) is 2.28. The summed E-state index contributed by atoms with van der Waals surface area (Å²) < 4.78 is 0.